The van der Waals surface area contributed by atoms with Crippen LogP contribution >= 0.6 is 0 Å². The monoisotopic (exact) mass is 347 g/mol. The molecule has 0 radical (unpaired) electrons. The highest BCUT2D eigenvalue weighted by Gasteiger charge is 2.09. The van der Waals surface area contributed by atoms with Gasteiger partial charge in [-0.05, 0) is 37.3 Å². The predicted molar refractivity (Wildman–Crippen MR) is 104 cm³/mol. The Morgan fingerprint density at radius 1 is 1.19 bits per heavy atom. The smallest absolute Gasteiger partial charge is 0.251 e. The fourth-order valence-corrected chi connectivity index (χ4v) is 2.78. The standard InChI is InChI=1S/C20H21N5O/c1-2-22-16(7-10-21)13-25-20(26)15-5-3-14(4-6-15)19-17-8-11-23-18(17)9-12-24-19/h3-12,21-23H,2,13H2,1H3,(H,25,26)/b16-7-,21-10?. The Morgan fingerprint density at radius 3 is 2.73 bits per heavy atom. The quantitative estimate of drug-likeness (QED) is 0.495. The molecule has 1 amide bonds. The fourth-order valence-electron chi connectivity index (χ4n) is 2.78. The first kappa shape index (κ1) is 17.4. The SMILES string of the molecule is CCN/C(=C\C=N)CNC(=O)c1ccc(-c2nccc3[nH]ccc23)cc1. The number of hydrogen-bond acceptors (Lipinski definition) is 4. The summed E-state index contributed by atoms with van der Waals surface area (Å²) in [6, 6.07) is 11.3. The molecule has 0 bridgehead atoms. The van der Waals surface area contributed by atoms with Gasteiger partial charge in [-0.2, -0.15) is 0 Å². The molecule has 2 heterocycles. The molecular formula is C20H21N5O. The first-order valence-corrected chi connectivity index (χ1v) is 8.47. The zero-order valence-electron chi connectivity index (χ0n) is 14.5. The molecule has 0 aliphatic heterocycles. The molecular weight excluding hydrogens is 326 g/mol. The van der Waals surface area contributed by atoms with E-state index < -0.39 is 0 Å². The van der Waals surface area contributed by atoms with Crippen LogP contribution in [0.4, 0.5) is 0 Å². The van der Waals surface area contributed by atoms with E-state index in [4.69, 9.17) is 5.41 Å². The molecule has 132 valence electrons. The number of carbonyl (C=O) groups is 1. The summed E-state index contributed by atoms with van der Waals surface area (Å²) in [7, 11) is 0. The second kappa shape index (κ2) is 8.11. The van der Waals surface area contributed by atoms with E-state index >= 15 is 0 Å². The van der Waals surface area contributed by atoms with Crippen LogP contribution in [0.1, 0.15) is 17.3 Å². The van der Waals surface area contributed by atoms with Crippen molar-refractivity contribution in [1.29, 1.82) is 5.41 Å². The molecule has 0 fully saturated rings. The maximum Gasteiger partial charge on any atom is 0.251 e. The van der Waals surface area contributed by atoms with Gasteiger partial charge in [-0.15, -0.1) is 0 Å². The lowest BCUT2D eigenvalue weighted by Crippen LogP contribution is -2.30. The van der Waals surface area contributed by atoms with Gasteiger partial charge in [0.15, 0.2) is 0 Å². The average molecular weight is 347 g/mol. The van der Waals surface area contributed by atoms with E-state index in [-0.39, 0.29) is 5.91 Å². The lowest BCUT2D eigenvalue weighted by Gasteiger charge is -2.10. The minimum absolute atomic E-state index is 0.154. The third-order valence-electron chi connectivity index (χ3n) is 4.03. The molecule has 6 nitrogen and oxygen atoms in total. The number of carbonyl (C=O) groups excluding carboxylic acids is 1. The number of allylic oxidation sites excluding steroid dienone is 1. The number of aromatic amines is 1. The summed E-state index contributed by atoms with van der Waals surface area (Å²) >= 11 is 0. The highest BCUT2D eigenvalue weighted by Crippen LogP contribution is 2.25. The Labute approximate surface area is 151 Å². The highest BCUT2D eigenvalue weighted by molar-refractivity contribution is 5.96. The number of likely N-dealkylation sites (N-methyl/N-ethyl adjacent to an activating group) is 1. The van der Waals surface area contributed by atoms with Crippen molar-refractivity contribution >= 4 is 23.0 Å². The minimum Gasteiger partial charge on any atom is -0.387 e. The predicted octanol–water partition coefficient (Wildman–Crippen LogP) is 3.10. The lowest BCUT2D eigenvalue weighted by molar-refractivity contribution is 0.0956. The van der Waals surface area contributed by atoms with E-state index in [9.17, 15) is 4.79 Å². The number of benzene rings is 1. The molecule has 6 heteroatoms. The van der Waals surface area contributed by atoms with Crippen LogP contribution in [-0.4, -0.2) is 35.2 Å². The van der Waals surface area contributed by atoms with Gasteiger partial charge < -0.3 is 21.0 Å². The Hall–Kier alpha value is -3.41. The van der Waals surface area contributed by atoms with Gasteiger partial charge in [0.1, 0.15) is 0 Å². The van der Waals surface area contributed by atoms with E-state index in [0.29, 0.717) is 12.1 Å². The van der Waals surface area contributed by atoms with E-state index in [1.54, 1.807) is 24.4 Å². The summed E-state index contributed by atoms with van der Waals surface area (Å²) in [6.45, 7) is 3.06. The number of amides is 1. The van der Waals surface area contributed by atoms with Crippen LogP contribution in [0.15, 0.2) is 60.6 Å². The molecule has 2 aromatic heterocycles. The second-order valence-electron chi connectivity index (χ2n) is 5.75. The maximum absolute atomic E-state index is 12.3. The molecule has 0 aliphatic rings. The molecule has 0 unspecified atom stereocenters. The topological polar surface area (TPSA) is 93.7 Å². The van der Waals surface area contributed by atoms with Gasteiger partial charge in [0.2, 0.25) is 0 Å². The number of pyridine rings is 1. The van der Waals surface area contributed by atoms with Gasteiger partial charge >= 0.3 is 0 Å². The zero-order valence-corrected chi connectivity index (χ0v) is 14.5. The Bertz CT molecular complexity index is 940. The van der Waals surface area contributed by atoms with Gasteiger partial charge in [0.05, 0.1) is 12.2 Å². The molecule has 4 N–H and O–H groups in total. The van der Waals surface area contributed by atoms with Crippen LogP contribution in [-0.2, 0) is 0 Å². The number of aromatic nitrogens is 2. The van der Waals surface area contributed by atoms with E-state index in [1.165, 1.54) is 6.21 Å². The molecule has 3 rings (SSSR count). The van der Waals surface area contributed by atoms with Crippen molar-refractivity contribution < 1.29 is 4.79 Å². The van der Waals surface area contributed by atoms with E-state index in [2.05, 4.69) is 20.6 Å². The highest BCUT2D eigenvalue weighted by atomic mass is 16.1. The summed E-state index contributed by atoms with van der Waals surface area (Å²) in [4.78, 5) is 20.0. The molecule has 3 aromatic rings. The Balaban J connectivity index is 1.73. The first-order valence-electron chi connectivity index (χ1n) is 8.47. The van der Waals surface area contributed by atoms with Crippen LogP contribution in [0.3, 0.4) is 0 Å². The normalized spacial score (nSPS) is 11.3. The van der Waals surface area contributed by atoms with Crippen molar-refractivity contribution in [1.82, 2.24) is 20.6 Å². The van der Waals surface area contributed by atoms with Crippen molar-refractivity contribution in [2.45, 2.75) is 6.92 Å². The fraction of sp³-hybridized carbons (Fsp3) is 0.150. The van der Waals surface area contributed by atoms with Gasteiger partial charge in [-0.3, -0.25) is 9.78 Å². The number of H-pyrrole nitrogens is 1. The second-order valence-corrected chi connectivity index (χ2v) is 5.75. The van der Waals surface area contributed by atoms with Gasteiger partial charge in [0, 0.05) is 52.9 Å². The largest absolute Gasteiger partial charge is 0.387 e. The maximum atomic E-state index is 12.3. The van der Waals surface area contributed by atoms with Crippen LogP contribution in [0.5, 0.6) is 0 Å². The average Bonchev–Trinajstić information content (AvgIpc) is 3.15. The molecule has 0 aliphatic carbocycles. The minimum atomic E-state index is -0.154. The Kier molecular flexibility index (Phi) is 5.43. The van der Waals surface area contributed by atoms with E-state index in [0.717, 1.165) is 34.4 Å². The molecule has 0 saturated heterocycles. The summed E-state index contributed by atoms with van der Waals surface area (Å²) < 4.78 is 0. The lowest BCUT2D eigenvalue weighted by atomic mass is 10.1. The van der Waals surface area contributed by atoms with Crippen LogP contribution in [0, 0.1) is 5.41 Å². The van der Waals surface area contributed by atoms with Crippen molar-refractivity contribution in [3.8, 4) is 11.3 Å². The first-order chi connectivity index (χ1) is 12.7. The van der Waals surface area contributed by atoms with Crippen molar-refractivity contribution in [3.05, 3.63) is 66.1 Å². The van der Waals surface area contributed by atoms with Gasteiger partial charge in [-0.25, -0.2) is 0 Å². The number of rotatable bonds is 7. The van der Waals surface area contributed by atoms with Crippen LogP contribution < -0.4 is 10.6 Å². The van der Waals surface area contributed by atoms with E-state index in [1.807, 2.05) is 37.4 Å². The molecule has 0 spiro atoms. The van der Waals surface area contributed by atoms with Crippen LogP contribution in [0.25, 0.3) is 22.2 Å². The molecule has 26 heavy (non-hydrogen) atoms. The van der Waals surface area contributed by atoms with Crippen molar-refractivity contribution in [3.63, 3.8) is 0 Å². The molecule has 0 saturated carbocycles. The van der Waals surface area contributed by atoms with Crippen molar-refractivity contribution in [2.24, 2.45) is 0 Å². The molecule has 1 aromatic carbocycles. The summed E-state index contributed by atoms with van der Waals surface area (Å²) in [5.74, 6) is -0.154. The Morgan fingerprint density at radius 2 is 2.00 bits per heavy atom. The summed E-state index contributed by atoms with van der Waals surface area (Å²) in [5.41, 5.74) is 4.27. The number of fused-ring (bicyclic) bond motifs is 1. The van der Waals surface area contributed by atoms with Crippen LogP contribution in [0.2, 0.25) is 0 Å². The van der Waals surface area contributed by atoms with Crippen molar-refractivity contribution in [2.75, 3.05) is 13.1 Å². The van der Waals surface area contributed by atoms with Gasteiger partial charge in [-0.1, -0.05) is 12.1 Å². The summed E-state index contributed by atoms with van der Waals surface area (Å²) in [5, 5.41) is 14.2. The number of nitrogens with one attached hydrogen (secondary N) is 4. The van der Waals surface area contributed by atoms with Gasteiger partial charge in [0.25, 0.3) is 5.91 Å². The third kappa shape index (κ3) is 3.80. The third-order valence-corrected chi connectivity index (χ3v) is 4.03. The number of nitrogens with zero attached hydrogens (tertiary/aromatic N) is 1. The zero-order chi connectivity index (χ0) is 18.4. The summed E-state index contributed by atoms with van der Waals surface area (Å²) in [6.07, 6.45) is 6.50. The number of hydrogen-bond donors (Lipinski definition) is 4. The molecule has 0 atom stereocenters.